The van der Waals surface area contributed by atoms with Gasteiger partial charge in [0.1, 0.15) is 0 Å². The van der Waals surface area contributed by atoms with Crippen LogP contribution in [0, 0.1) is 0 Å². The van der Waals surface area contributed by atoms with Gasteiger partial charge in [-0.2, -0.15) is 0 Å². The van der Waals surface area contributed by atoms with Crippen molar-refractivity contribution in [1.82, 2.24) is 0 Å². The summed E-state index contributed by atoms with van der Waals surface area (Å²) in [6.45, 7) is 0. The molecule has 3 heteroatoms. The first-order chi connectivity index (χ1) is 6.83. The largest absolute Gasteiger partial charge is 0.294 e. The second-order valence-corrected chi connectivity index (χ2v) is 4.71. The number of alkyl halides is 1. The zero-order chi connectivity index (χ0) is 9.97. The molecule has 14 heavy (non-hydrogen) atoms. The highest BCUT2D eigenvalue weighted by molar-refractivity contribution is 9.09. The summed E-state index contributed by atoms with van der Waals surface area (Å²) in [6.07, 6.45) is 0.570. The molecular formula is C11H9BrOS. The van der Waals surface area contributed by atoms with Crippen molar-refractivity contribution in [2.24, 2.45) is 0 Å². The molecule has 1 heterocycles. The van der Waals surface area contributed by atoms with Gasteiger partial charge in [0.25, 0.3) is 0 Å². The molecule has 0 saturated heterocycles. The summed E-state index contributed by atoms with van der Waals surface area (Å²) in [5, 5.41) is 3.77. The number of fused-ring (bicyclic) bond motifs is 1. The van der Waals surface area contributed by atoms with E-state index in [-0.39, 0.29) is 5.78 Å². The lowest BCUT2D eigenvalue weighted by molar-refractivity contribution is 0.0992. The van der Waals surface area contributed by atoms with Gasteiger partial charge in [-0.3, -0.25) is 4.79 Å². The molecule has 2 rings (SSSR count). The number of ketones is 1. The molecule has 1 aromatic carbocycles. The van der Waals surface area contributed by atoms with Gasteiger partial charge in [-0.05, 0) is 6.07 Å². The van der Waals surface area contributed by atoms with Crippen LogP contribution in [-0.4, -0.2) is 11.1 Å². The molecule has 1 nitrogen and oxygen atoms in total. The van der Waals surface area contributed by atoms with Crippen LogP contribution in [0.3, 0.4) is 0 Å². The van der Waals surface area contributed by atoms with Gasteiger partial charge in [0.15, 0.2) is 5.78 Å². The van der Waals surface area contributed by atoms with Crippen LogP contribution in [0.25, 0.3) is 10.1 Å². The van der Waals surface area contributed by atoms with E-state index < -0.39 is 0 Å². The van der Waals surface area contributed by atoms with Crippen molar-refractivity contribution >= 4 is 43.1 Å². The summed E-state index contributed by atoms with van der Waals surface area (Å²) in [5.74, 6) is 0.222. The number of hydrogen-bond donors (Lipinski definition) is 0. The first-order valence-electron chi connectivity index (χ1n) is 4.38. The van der Waals surface area contributed by atoms with E-state index >= 15 is 0 Å². The van der Waals surface area contributed by atoms with Crippen molar-refractivity contribution < 1.29 is 4.79 Å². The summed E-state index contributed by atoms with van der Waals surface area (Å²) in [7, 11) is 0. The molecule has 0 unspecified atom stereocenters. The second-order valence-electron chi connectivity index (χ2n) is 3.01. The highest BCUT2D eigenvalue weighted by atomic mass is 79.9. The predicted molar refractivity (Wildman–Crippen MR) is 64.6 cm³/mol. The number of carbonyl (C=O) groups is 1. The molecule has 0 spiro atoms. The average molecular weight is 269 g/mol. The first kappa shape index (κ1) is 9.87. The van der Waals surface area contributed by atoms with Crippen LogP contribution in [-0.2, 0) is 0 Å². The minimum Gasteiger partial charge on any atom is -0.294 e. The maximum Gasteiger partial charge on any atom is 0.165 e. The number of carbonyl (C=O) groups excluding carboxylic acids is 1. The Morgan fingerprint density at radius 2 is 2.14 bits per heavy atom. The summed E-state index contributed by atoms with van der Waals surface area (Å²) >= 11 is 4.91. The van der Waals surface area contributed by atoms with Crippen molar-refractivity contribution in [3.8, 4) is 0 Å². The van der Waals surface area contributed by atoms with E-state index in [1.165, 1.54) is 4.70 Å². The van der Waals surface area contributed by atoms with Crippen molar-refractivity contribution in [2.75, 3.05) is 5.33 Å². The van der Waals surface area contributed by atoms with Crippen molar-refractivity contribution in [1.29, 1.82) is 0 Å². The number of benzene rings is 1. The van der Waals surface area contributed by atoms with Crippen LogP contribution < -0.4 is 0 Å². The molecule has 72 valence electrons. The quantitative estimate of drug-likeness (QED) is 0.610. The van der Waals surface area contributed by atoms with Crippen LogP contribution in [0.15, 0.2) is 29.6 Å². The predicted octanol–water partition coefficient (Wildman–Crippen LogP) is 3.87. The highest BCUT2D eigenvalue weighted by Gasteiger charge is 2.10. The molecule has 0 radical (unpaired) electrons. The van der Waals surface area contributed by atoms with E-state index in [0.29, 0.717) is 6.42 Å². The van der Waals surface area contributed by atoms with Crippen molar-refractivity contribution in [2.45, 2.75) is 6.42 Å². The highest BCUT2D eigenvalue weighted by Crippen LogP contribution is 2.26. The maximum absolute atomic E-state index is 11.7. The normalized spacial score (nSPS) is 10.6. The van der Waals surface area contributed by atoms with Crippen LogP contribution in [0.4, 0.5) is 0 Å². The fourth-order valence-corrected chi connectivity index (χ4v) is 2.74. The van der Waals surface area contributed by atoms with Gasteiger partial charge >= 0.3 is 0 Å². The number of rotatable bonds is 3. The molecule has 0 bridgehead atoms. The second kappa shape index (κ2) is 4.24. The van der Waals surface area contributed by atoms with E-state index in [1.54, 1.807) is 11.3 Å². The SMILES string of the molecule is O=C(CCBr)c1csc2ccccc12. The molecule has 1 aromatic heterocycles. The lowest BCUT2D eigenvalue weighted by atomic mass is 10.1. The van der Waals surface area contributed by atoms with Gasteiger partial charge in [-0.15, -0.1) is 11.3 Å². The third-order valence-electron chi connectivity index (χ3n) is 2.10. The maximum atomic E-state index is 11.7. The van der Waals surface area contributed by atoms with Crippen molar-refractivity contribution in [3.63, 3.8) is 0 Å². The molecule has 0 N–H and O–H groups in total. The Balaban J connectivity index is 2.47. The fraction of sp³-hybridized carbons (Fsp3) is 0.182. The van der Waals surface area contributed by atoms with Crippen LogP contribution in [0.5, 0.6) is 0 Å². The lowest BCUT2D eigenvalue weighted by Crippen LogP contribution is -1.97. The molecule has 0 atom stereocenters. The van der Waals surface area contributed by atoms with Gasteiger partial charge in [0, 0.05) is 32.8 Å². The fourth-order valence-electron chi connectivity index (χ4n) is 1.41. The topological polar surface area (TPSA) is 17.1 Å². The third kappa shape index (κ3) is 1.74. The number of halogens is 1. The zero-order valence-corrected chi connectivity index (χ0v) is 9.90. The van der Waals surface area contributed by atoms with Gasteiger partial charge < -0.3 is 0 Å². The Morgan fingerprint density at radius 3 is 2.93 bits per heavy atom. The smallest absolute Gasteiger partial charge is 0.165 e. The van der Waals surface area contributed by atoms with E-state index in [9.17, 15) is 4.79 Å². The summed E-state index contributed by atoms with van der Waals surface area (Å²) in [4.78, 5) is 11.7. The molecular weight excluding hydrogens is 260 g/mol. The number of hydrogen-bond acceptors (Lipinski definition) is 2. The minimum absolute atomic E-state index is 0.222. The van der Waals surface area contributed by atoms with Crippen LogP contribution in [0.2, 0.25) is 0 Å². The van der Waals surface area contributed by atoms with Gasteiger partial charge in [0.05, 0.1) is 0 Å². The minimum atomic E-state index is 0.222. The Morgan fingerprint density at radius 1 is 1.36 bits per heavy atom. The average Bonchev–Trinajstić information content (AvgIpc) is 2.61. The van der Waals surface area contributed by atoms with Gasteiger partial charge in [0.2, 0.25) is 0 Å². The number of Topliss-reactive ketones (excluding diaryl/α,β-unsaturated/α-hetero) is 1. The van der Waals surface area contributed by atoms with Crippen molar-refractivity contribution in [3.05, 3.63) is 35.2 Å². The summed E-state index contributed by atoms with van der Waals surface area (Å²) < 4.78 is 1.19. The Bertz CT molecular complexity index is 461. The van der Waals surface area contributed by atoms with E-state index in [1.807, 2.05) is 29.6 Å². The Kier molecular flexibility index (Phi) is 2.99. The lowest BCUT2D eigenvalue weighted by Gasteiger charge is -1.95. The monoisotopic (exact) mass is 268 g/mol. The molecule has 0 amide bonds. The van der Waals surface area contributed by atoms with E-state index in [0.717, 1.165) is 16.3 Å². The van der Waals surface area contributed by atoms with E-state index in [2.05, 4.69) is 15.9 Å². The Labute approximate surface area is 94.9 Å². The number of thiophene rings is 1. The molecule has 0 aliphatic carbocycles. The van der Waals surface area contributed by atoms with Gasteiger partial charge in [-0.1, -0.05) is 34.1 Å². The molecule has 0 aliphatic heterocycles. The molecule has 0 saturated carbocycles. The zero-order valence-electron chi connectivity index (χ0n) is 7.50. The molecule has 0 fully saturated rings. The summed E-state index contributed by atoms with van der Waals surface area (Å²) in [6, 6.07) is 8.02. The van der Waals surface area contributed by atoms with Crippen LogP contribution >= 0.6 is 27.3 Å². The third-order valence-corrected chi connectivity index (χ3v) is 3.46. The summed E-state index contributed by atoms with van der Waals surface area (Å²) in [5.41, 5.74) is 0.866. The molecule has 0 aliphatic rings. The first-order valence-corrected chi connectivity index (χ1v) is 6.38. The standard InChI is InChI=1S/C11H9BrOS/c12-6-5-10(13)9-7-14-11-4-2-1-3-8(9)11/h1-4,7H,5-6H2. The Hall–Kier alpha value is -0.670. The van der Waals surface area contributed by atoms with E-state index in [4.69, 9.17) is 0 Å². The van der Waals surface area contributed by atoms with Gasteiger partial charge in [-0.25, -0.2) is 0 Å². The molecule has 2 aromatic rings. The van der Waals surface area contributed by atoms with Crippen LogP contribution in [0.1, 0.15) is 16.8 Å².